The standard InChI is InChI=1S/C14H19N3O/c1-3-5-12(15)14-16-13(17-18-14)11-8-6-10(4-2)7-9-11/h6-9,12H,3-5,15H2,1-2H3/t12-/m0/s1. The number of rotatable bonds is 5. The Kier molecular flexibility index (Phi) is 4.10. The van der Waals surface area contributed by atoms with Gasteiger partial charge in [0.1, 0.15) is 0 Å². The molecule has 4 nitrogen and oxygen atoms in total. The van der Waals surface area contributed by atoms with Gasteiger partial charge >= 0.3 is 0 Å². The van der Waals surface area contributed by atoms with Crippen LogP contribution in [0.15, 0.2) is 28.8 Å². The first-order valence-corrected chi connectivity index (χ1v) is 6.43. The summed E-state index contributed by atoms with van der Waals surface area (Å²) >= 11 is 0. The van der Waals surface area contributed by atoms with Crippen LogP contribution in [0.4, 0.5) is 0 Å². The van der Waals surface area contributed by atoms with E-state index in [0.717, 1.165) is 24.8 Å². The van der Waals surface area contributed by atoms with Gasteiger partial charge in [0, 0.05) is 5.56 Å². The summed E-state index contributed by atoms with van der Waals surface area (Å²) in [6, 6.07) is 8.03. The second-order valence-electron chi connectivity index (χ2n) is 4.40. The van der Waals surface area contributed by atoms with Crippen LogP contribution in [0.5, 0.6) is 0 Å². The van der Waals surface area contributed by atoms with Crippen molar-refractivity contribution in [1.29, 1.82) is 0 Å². The van der Waals surface area contributed by atoms with Gasteiger partial charge in [0.25, 0.3) is 0 Å². The molecule has 1 heterocycles. The summed E-state index contributed by atoms with van der Waals surface area (Å²) in [7, 11) is 0. The van der Waals surface area contributed by atoms with Crippen LogP contribution in [-0.2, 0) is 6.42 Å². The fourth-order valence-electron chi connectivity index (χ4n) is 1.83. The van der Waals surface area contributed by atoms with E-state index in [1.807, 2.05) is 12.1 Å². The summed E-state index contributed by atoms with van der Waals surface area (Å²) < 4.78 is 5.20. The zero-order valence-corrected chi connectivity index (χ0v) is 10.9. The van der Waals surface area contributed by atoms with E-state index >= 15 is 0 Å². The third-order valence-corrected chi connectivity index (χ3v) is 2.98. The lowest BCUT2D eigenvalue weighted by molar-refractivity contribution is 0.348. The molecule has 0 aliphatic heterocycles. The minimum absolute atomic E-state index is 0.161. The van der Waals surface area contributed by atoms with Gasteiger partial charge < -0.3 is 10.3 Å². The lowest BCUT2D eigenvalue weighted by Crippen LogP contribution is -2.09. The van der Waals surface area contributed by atoms with Gasteiger partial charge in [-0.3, -0.25) is 0 Å². The molecule has 2 N–H and O–H groups in total. The molecule has 0 radical (unpaired) electrons. The van der Waals surface area contributed by atoms with Crippen molar-refractivity contribution >= 4 is 0 Å². The van der Waals surface area contributed by atoms with Crippen LogP contribution in [0.1, 0.15) is 44.2 Å². The normalized spacial score (nSPS) is 12.6. The molecule has 2 aromatic rings. The highest BCUT2D eigenvalue weighted by molar-refractivity contribution is 5.54. The van der Waals surface area contributed by atoms with E-state index in [4.69, 9.17) is 10.3 Å². The van der Waals surface area contributed by atoms with Crippen LogP contribution in [-0.4, -0.2) is 10.1 Å². The van der Waals surface area contributed by atoms with Crippen LogP contribution in [0, 0.1) is 0 Å². The Balaban J connectivity index is 2.18. The largest absolute Gasteiger partial charge is 0.337 e. The van der Waals surface area contributed by atoms with E-state index in [1.54, 1.807) is 0 Å². The molecule has 0 fully saturated rings. The van der Waals surface area contributed by atoms with Gasteiger partial charge in [0.05, 0.1) is 6.04 Å². The maximum Gasteiger partial charge on any atom is 0.243 e. The molecular weight excluding hydrogens is 226 g/mol. The van der Waals surface area contributed by atoms with Gasteiger partial charge in [0.15, 0.2) is 0 Å². The number of aromatic nitrogens is 2. The molecule has 18 heavy (non-hydrogen) atoms. The number of hydrogen-bond donors (Lipinski definition) is 1. The zero-order valence-electron chi connectivity index (χ0n) is 10.9. The fraction of sp³-hybridized carbons (Fsp3) is 0.429. The molecular formula is C14H19N3O. The lowest BCUT2D eigenvalue weighted by atomic mass is 10.1. The van der Waals surface area contributed by atoms with Gasteiger partial charge in [-0.25, -0.2) is 0 Å². The summed E-state index contributed by atoms with van der Waals surface area (Å²) in [6.45, 7) is 4.21. The van der Waals surface area contributed by atoms with Crippen molar-refractivity contribution in [2.75, 3.05) is 0 Å². The second-order valence-corrected chi connectivity index (χ2v) is 4.40. The highest BCUT2D eigenvalue weighted by Gasteiger charge is 2.14. The Morgan fingerprint density at radius 3 is 2.56 bits per heavy atom. The molecule has 0 unspecified atom stereocenters. The van der Waals surface area contributed by atoms with Crippen molar-refractivity contribution in [3.05, 3.63) is 35.7 Å². The Labute approximate surface area is 107 Å². The topological polar surface area (TPSA) is 64.9 Å². The smallest absolute Gasteiger partial charge is 0.243 e. The van der Waals surface area contributed by atoms with E-state index in [2.05, 4.69) is 36.1 Å². The zero-order chi connectivity index (χ0) is 13.0. The highest BCUT2D eigenvalue weighted by atomic mass is 16.5. The van der Waals surface area contributed by atoms with Gasteiger partial charge in [0.2, 0.25) is 11.7 Å². The Morgan fingerprint density at radius 2 is 1.94 bits per heavy atom. The molecule has 0 saturated heterocycles. The third kappa shape index (κ3) is 2.76. The summed E-state index contributed by atoms with van der Waals surface area (Å²) in [4.78, 5) is 4.35. The number of benzene rings is 1. The van der Waals surface area contributed by atoms with Crippen LogP contribution in [0.25, 0.3) is 11.4 Å². The molecule has 1 atom stereocenters. The lowest BCUT2D eigenvalue weighted by Gasteiger charge is -2.02. The summed E-state index contributed by atoms with van der Waals surface area (Å²) in [5.74, 6) is 1.13. The molecule has 2 rings (SSSR count). The molecule has 1 aromatic heterocycles. The minimum atomic E-state index is -0.161. The first-order chi connectivity index (χ1) is 8.74. The molecule has 1 aromatic carbocycles. The predicted molar refractivity (Wildman–Crippen MR) is 70.9 cm³/mol. The second kappa shape index (κ2) is 5.78. The van der Waals surface area contributed by atoms with Crippen molar-refractivity contribution < 1.29 is 4.52 Å². The number of aryl methyl sites for hydroxylation is 1. The van der Waals surface area contributed by atoms with E-state index in [0.29, 0.717) is 11.7 Å². The average molecular weight is 245 g/mol. The third-order valence-electron chi connectivity index (χ3n) is 2.98. The SMILES string of the molecule is CCC[C@H](N)c1nc(-c2ccc(CC)cc2)no1. The molecule has 0 saturated carbocycles. The van der Waals surface area contributed by atoms with E-state index < -0.39 is 0 Å². The minimum Gasteiger partial charge on any atom is -0.337 e. The number of nitrogens with zero attached hydrogens (tertiary/aromatic N) is 2. The van der Waals surface area contributed by atoms with Gasteiger partial charge in [-0.05, 0) is 18.4 Å². The molecule has 0 bridgehead atoms. The number of hydrogen-bond acceptors (Lipinski definition) is 4. The molecule has 96 valence electrons. The van der Waals surface area contributed by atoms with Crippen LogP contribution < -0.4 is 5.73 Å². The Bertz CT molecular complexity index is 490. The molecule has 0 aliphatic rings. The van der Waals surface area contributed by atoms with Crippen molar-refractivity contribution in [1.82, 2.24) is 10.1 Å². The van der Waals surface area contributed by atoms with Crippen molar-refractivity contribution in [2.24, 2.45) is 5.73 Å². The Hall–Kier alpha value is -1.68. The van der Waals surface area contributed by atoms with Crippen LogP contribution >= 0.6 is 0 Å². The molecule has 0 aliphatic carbocycles. The maximum absolute atomic E-state index is 5.95. The van der Waals surface area contributed by atoms with E-state index in [-0.39, 0.29) is 6.04 Å². The molecule has 0 amide bonds. The van der Waals surface area contributed by atoms with Crippen molar-refractivity contribution in [3.8, 4) is 11.4 Å². The average Bonchev–Trinajstić information content (AvgIpc) is 2.89. The summed E-state index contributed by atoms with van der Waals surface area (Å²) in [6.07, 6.45) is 2.89. The van der Waals surface area contributed by atoms with E-state index in [1.165, 1.54) is 5.56 Å². The first-order valence-electron chi connectivity index (χ1n) is 6.43. The maximum atomic E-state index is 5.95. The van der Waals surface area contributed by atoms with Crippen molar-refractivity contribution in [2.45, 2.75) is 39.2 Å². The summed E-state index contributed by atoms with van der Waals surface area (Å²) in [5, 5.41) is 3.98. The van der Waals surface area contributed by atoms with Gasteiger partial charge in [-0.2, -0.15) is 4.98 Å². The van der Waals surface area contributed by atoms with E-state index in [9.17, 15) is 0 Å². The van der Waals surface area contributed by atoms with Crippen LogP contribution in [0.3, 0.4) is 0 Å². The summed E-state index contributed by atoms with van der Waals surface area (Å²) in [5.41, 5.74) is 8.21. The Morgan fingerprint density at radius 1 is 1.22 bits per heavy atom. The monoisotopic (exact) mass is 245 g/mol. The highest BCUT2D eigenvalue weighted by Crippen LogP contribution is 2.20. The molecule has 0 spiro atoms. The van der Waals surface area contributed by atoms with Crippen molar-refractivity contribution in [3.63, 3.8) is 0 Å². The molecule has 4 heteroatoms. The number of nitrogens with two attached hydrogens (primary N) is 1. The quantitative estimate of drug-likeness (QED) is 0.879. The predicted octanol–water partition coefficient (Wildman–Crippen LogP) is 3.10. The first kappa shape index (κ1) is 12.8. The van der Waals surface area contributed by atoms with Crippen LogP contribution in [0.2, 0.25) is 0 Å². The van der Waals surface area contributed by atoms with Gasteiger partial charge in [-0.1, -0.05) is 49.7 Å². The fourth-order valence-corrected chi connectivity index (χ4v) is 1.83. The van der Waals surface area contributed by atoms with Gasteiger partial charge in [-0.15, -0.1) is 0 Å².